The van der Waals surface area contributed by atoms with Gasteiger partial charge in [0.15, 0.2) is 0 Å². The van der Waals surface area contributed by atoms with Crippen LogP contribution in [0.25, 0.3) is 10.8 Å². The summed E-state index contributed by atoms with van der Waals surface area (Å²) in [6.45, 7) is 4.22. The highest BCUT2D eigenvalue weighted by Crippen LogP contribution is 2.24. The number of aliphatic hydroxyl groups excluding tert-OH is 1. The minimum atomic E-state index is -0.604. The number of ether oxygens (including phenoxy) is 2. The average molecular weight is 274 g/mol. The fraction of sp³-hybridized carbons (Fsp3) is 0.412. The molecule has 0 saturated carbocycles. The zero-order valence-electron chi connectivity index (χ0n) is 11.9. The highest BCUT2D eigenvalue weighted by molar-refractivity contribution is 5.85. The van der Waals surface area contributed by atoms with E-state index < -0.39 is 6.10 Å². The van der Waals surface area contributed by atoms with Crippen molar-refractivity contribution in [3.63, 3.8) is 0 Å². The fourth-order valence-electron chi connectivity index (χ4n) is 2.19. The summed E-state index contributed by atoms with van der Waals surface area (Å²) in [6, 6.07) is 14.0. The van der Waals surface area contributed by atoms with E-state index in [0.717, 1.165) is 29.4 Å². The van der Waals surface area contributed by atoms with Gasteiger partial charge in [-0.1, -0.05) is 49.4 Å². The van der Waals surface area contributed by atoms with Crippen LogP contribution in [0.1, 0.15) is 25.0 Å². The smallest absolute Gasteiger partial charge is 0.103 e. The zero-order chi connectivity index (χ0) is 14.2. The molecule has 0 aliphatic heterocycles. The molecule has 0 radical (unpaired) electrons. The van der Waals surface area contributed by atoms with Gasteiger partial charge in [-0.3, -0.25) is 0 Å². The maximum atomic E-state index is 10.3. The van der Waals surface area contributed by atoms with Crippen molar-refractivity contribution in [2.75, 3.05) is 26.4 Å². The zero-order valence-corrected chi connectivity index (χ0v) is 11.9. The number of benzene rings is 2. The van der Waals surface area contributed by atoms with Crippen LogP contribution >= 0.6 is 0 Å². The van der Waals surface area contributed by atoms with E-state index >= 15 is 0 Å². The third kappa shape index (κ3) is 4.04. The van der Waals surface area contributed by atoms with Crippen LogP contribution in [-0.4, -0.2) is 31.5 Å². The molecule has 0 spiro atoms. The standard InChI is InChI=1S/C17H22O3/c1-2-10-19-11-12-20-13-17(18)16-9-5-7-14-6-3-4-8-15(14)16/h3-9,17-18H,2,10-13H2,1H3. The van der Waals surface area contributed by atoms with Crippen LogP contribution in [0.4, 0.5) is 0 Å². The predicted molar refractivity (Wildman–Crippen MR) is 80.8 cm³/mol. The maximum absolute atomic E-state index is 10.3. The van der Waals surface area contributed by atoms with Crippen molar-refractivity contribution in [3.8, 4) is 0 Å². The van der Waals surface area contributed by atoms with E-state index in [1.165, 1.54) is 0 Å². The van der Waals surface area contributed by atoms with Crippen LogP contribution in [0.2, 0.25) is 0 Å². The monoisotopic (exact) mass is 274 g/mol. The van der Waals surface area contributed by atoms with Gasteiger partial charge in [0.05, 0.1) is 19.8 Å². The van der Waals surface area contributed by atoms with Gasteiger partial charge in [-0.05, 0) is 22.8 Å². The molecular weight excluding hydrogens is 252 g/mol. The number of hydrogen-bond donors (Lipinski definition) is 1. The Balaban J connectivity index is 1.89. The average Bonchev–Trinajstić information content (AvgIpc) is 2.50. The van der Waals surface area contributed by atoms with Crippen LogP contribution in [0.15, 0.2) is 42.5 Å². The summed E-state index contributed by atoms with van der Waals surface area (Å²) in [7, 11) is 0. The van der Waals surface area contributed by atoms with Gasteiger partial charge in [-0.2, -0.15) is 0 Å². The van der Waals surface area contributed by atoms with E-state index in [2.05, 4.69) is 6.92 Å². The van der Waals surface area contributed by atoms with Gasteiger partial charge in [0.25, 0.3) is 0 Å². The Labute approximate surface area is 120 Å². The molecule has 2 rings (SSSR count). The summed E-state index contributed by atoms with van der Waals surface area (Å²) in [4.78, 5) is 0. The Morgan fingerprint density at radius 1 is 0.950 bits per heavy atom. The fourth-order valence-corrected chi connectivity index (χ4v) is 2.19. The number of rotatable bonds is 8. The first-order chi connectivity index (χ1) is 9.83. The number of fused-ring (bicyclic) bond motifs is 1. The van der Waals surface area contributed by atoms with Crippen molar-refractivity contribution in [2.24, 2.45) is 0 Å². The van der Waals surface area contributed by atoms with Crippen LogP contribution in [0.3, 0.4) is 0 Å². The molecule has 0 aliphatic carbocycles. The van der Waals surface area contributed by atoms with E-state index in [0.29, 0.717) is 19.8 Å². The van der Waals surface area contributed by atoms with Gasteiger partial charge >= 0.3 is 0 Å². The van der Waals surface area contributed by atoms with Gasteiger partial charge in [0.1, 0.15) is 6.10 Å². The Kier molecular flexibility index (Phi) is 5.99. The van der Waals surface area contributed by atoms with Crippen molar-refractivity contribution >= 4 is 10.8 Å². The summed E-state index contributed by atoms with van der Waals surface area (Å²) in [5.41, 5.74) is 0.914. The van der Waals surface area contributed by atoms with Crippen LogP contribution in [0.5, 0.6) is 0 Å². The summed E-state index contributed by atoms with van der Waals surface area (Å²) in [6.07, 6.45) is 0.408. The number of hydrogen-bond acceptors (Lipinski definition) is 3. The highest BCUT2D eigenvalue weighted by atomic mass is 16.5. The molecule has 2 aromatic rings. The molecule has 3 heteroatoms. The molecule has 108 valence electrons. The molecule has 3 nitrogen and oxygen atoms in total. The molecule has 0 fully saturated rings. The van der Waals surface area contributed by atoms with Gasteiger partial charge in [0.2, 0.25) is 0 Å². The summed E-state index contributed by atoms with van der Waals surface area (Å²) >= 11 is 0. The van der Waals surface area contributed by atoms with E-state index in [-0.39, 0.29) is 0 Å². The Morgan fingerprint density at radius 2 is 1.70 bits per heavy atom. The molecule has 2 aromatic carbocycles. The summed E-state index contributed by atoms with van der Waals surface area (Å²) in [5.74, 6) is 0. The van der Waals surface area contributed by atoms with Crippen molar-refractivity contribution in [1.82, 2.24) is 0 Å². The second kappa shape index (κ2) is 8.00. The maximum Gasteiger partial charge on any atom is 0.103 e. The molecule has 0 aliphatic rings. The highest BCUT2D eigenvalue weighted by Gasteiger charge is 2.10. The first-order valence-electron chi connectivity index (χ1n) is 7.14. The van der Waals surface area contributed by atoms with Crippen molar-refractivity contribution in [1.29, 1.82) is 0 Å². The summed E-state index contributed by atoms with van der Waals surface area (Å²) < 4.78 is 10.8. The number of aliphatic hydroxyl groups is 1. The SMILES string of the molecule is CCCOCCOCC(O)c1cccc2ccccc12. The molecule has 0 aromatic heterocycles. The Hall–Kier alpha value is -1.42. The van der Waals surface area contributed by atoms with E-state index in [4.69, 9.17) is 9.47 Å². The molecule has 1 unspecified atom stereocenters. The minimum absolute atomic E-state index is 0.295. The topological polar surface area (TPSA) is 38.7 Å². The normalized spacial score (nSPS) is 12.7. The van der Waals surface area contributed by atoms with Crippen molar-refractivity contribution in [2.45, 2.75) is 19.4 Å². The first-order valence-corrected chi connectivity index (χ1v) is 7.14. The lowest BCUT2D eigenvalue weighted by molar-refractivity contribution is 0.00370. The molecule has 0 amide bonds. The Bertz CT molecular complexity index is 519. The molecule has 20 heavy (non-hydrogen) atoms. The van der Waals surface area contributed by atoms with Crippen LogP contribution in [-0.2, 0) is 9.47 Å². The lowest BCUT2D eigenvalue weighted by Gasteiger charge is -2.14. The van der Waals surface area contributed by atoms with Crippen LogP contribution < -0.4 is 0 Å². The van der Waals surface area contributed by atoms with Crippen molar-refractivity contribution < 1.29 is 14.6 Å². The predicted octanol–water partition coefficient (Wildman–Crippen LogP) is 3.32. The summed E-state index contributed by atoms with van der Waals surface area (Å²) in [5, 5.41) is 12.5. The van der Waals surface area contributed by atoms with Gasteiger partial charge < -0.3 is 14.6 Å². The second-order valence-corrected chi connectivity index (χ2v) is 4.77. The molecule has 1 atom stereocenters. The van der Waals surface area contributed by atoms with E-state index in [1.54, 1.807) is 0 Å². The lowest BCUT2D eigenvalue weighted by atomic mass is 10.0. The largest absolute Gasteiger partial charge is 0.386 e. The van der Waals surface area contributed by atoms with Gasteiger partial charge in [-0.25, -0.2) is 0 Å². The lowest BCUT2D eigenvalue weighted by Crippen LogP contribution is -2.11. The molecule has 0 bridgehead atoms. The van der Waals surface area contributed by atoms with Gasteiger partial charge in [-0.15, -0.1) is 0 Å². The third-order valence-electron chi connectivity index (χ3n) is 3.18. The van der Waals surface area contributed by atoms with Gasteiger partial charge in [0, 0.05) is 6.61 Å². The minimum Gasteiger partial charge on any atom is -0.386 e. The van der Waals surface area contributed by atoms with Crippen molar-refractivity contribution in [3.05, 3.63) is 48.0 Å². The molecule has 0 saturated heterocycles. The van der Waals surface area contributed by atoms with E-state index in [1.807, 2.05) is 42.5 Å². The molecule has 1 N–H and O–H groups in total. The van der Waals surface area contributed by atoms with Crippen LogP contribution in [0, 0.1) is 0 Å². The molecule has 0 heterocycles. The first kappa shape index (κ1) is 15.0. The van der Waals surface area contributed by atoms with E-state index in [9.17, 15) is 5.11 Å². The Morgan fingerprint density at radius 3 is 2.55 bits per heavy atom. The third-order valence-corrected chi connectivity index (χ3v) is 3.18. The quantitative estimate of drug-likeness (QED) is 0.751. The molecular formula is C17H22O3. The second-order valence-electron chi connectivity index (χ2n) is 4.77.